The summed E-state index contributed by atoms with van der Waals surface area (Å²) in [5.41, 5.74) is 1.22. The van der Waals surface area contributed by atoms with Gasteiger partial charge in [-0.15, -0.1) is 0 Å². The summed E-state index contributed by atoms with van der Waals surface area (Å²) in [6.45, 7) is 2.59. The minimum Gasteiger partial charge on any atom is -0.494 e. The first-order chi connectivity index (χ1) is 10.2. The topological polar surface area (TPSA) is 50.4 Å². The molecular weight excluding hydrogens is 271 g/mol. The van der Waals surface area contributed by atoms with Gasteiger partial charge in [0.1, 0.15) is 11.6 Å². The van der Waals surface area contributed by atoms with Crippen molar-refractivity contribution in [1.29, 1.82) is 0 Å². The summed E-state index contributed by atoms with van der Waals surface area (Å²) >= 11 is 0. The highest BCUT2D eigenvalue weighted by Crippen LogP contribution is 2.17. The number of nitrogens with one attached hydrogen (secondary N) is 2. The Kier molecular flexibility index (Phi) is 5.15. The van der Waals surface area contributed by atoms with Gasteiger partial charge in [0.25, 0.3) is 0 Å². The summed E-state index contributed by atoms with van der Waals surface area (Å²) in [6, 6.07) is 13.1. The van der Waals surface area contributed by atoms with Crippen molar-refractivity contribution in [1.82, 2.24) is 0 Å². The van der Waals surface area contributed by atoms with Crippen LogP contribution in [0.5, 0.6) is 5.75 Å². The molecule has 0 aliphatic carbocycles. The quantitative estimate of drug-likeness (QED) is 0.857. The first-order valence-corrected chi connectivity index (χ1v) is 6.69. The molecule has 0 aromatic heterocycles. The fourth-order valence-corrected chi connectivity index (χ4v) is 1.82. The molecule has 2 aromatic rings. The SMILES string of the molecule is CCOc1cccc(NCC(=O)Nc2cccc(F)c2)c1. The van der Waals surface area contributed by atoms with Crippen molar-refractivity contribution in [2.45, 2.75) is 6.92 Å². The lowest BCUT2D eigenvalue weighted by Gasteiger charge is -2.09. The molecule has 4 nitrogen and oxygen atoms in total. The number of benzene rings is 2. The van der Waals surface area contributed by atoms with E-state index in [0.717, 1.165) is 11.4 Å². The van der Waals surface area contributed by atoms with Crippen LogP contribution < -0.4 is 15.4 Å². The van der Waals surface area contributed by atoms with Gasteiger partial charge in [-0.05, 0) is 37.3 Å². The lowest BCUT2D eigenvalue weighted by atomic mass is 10.3. The third kappa shape index (κ3) is 4.80. The summed E-state index contributed by atoms with van der Waals surface area (Å²) in [4.78, 5) is 11.8. The second kappa shape index (κ2) is 7.28. The van der Waals surface area contributed by atoms with Gasteiger partial charge in [-0.2, -0.15) is 0 Å². The van der Waals surface area contributed by atoms with Crippen molar-refractivity contribution < 1.29 is 13.9 Å². The molecule has 0 fully saturated rings. The highest BCUT2D eigenvalue weighted by atomic mass is 19.1. The maximum Gasteiger partial charge on any atom is 0.243 e. The summed E-state index contributed by atoms with van der Waals surface area (Å²) < 4.78 is 18.4. The van der Waals surface area contributed by atoms with Crippen LogP contribution in [-0.4, -0.2) is 19.1 Å². The Morgan fingerprint density at radius 2 is 1.90 bits per heavy atom. The van der Waals surface area contributed by atoms with Crippen molar-refractivity contribution in [3.05, 3.63) is 54.3 Å². The van der Waals surface area contributed by atoms with E-state index in [1.165, 1.54) is 12.1 Å². The van der Waals surface area contributed by atoms with E-state index in [0.29, 0.717) is 12.3 Å². The van der Waals surface area contributed by atoms with Crippen LogP contribution in [0.15, 0.2) is 48.5 Å². The van der Waals surface area contributed by atoms with Crippen molar-refractivity contribution >= 4 is 17.3 Å². The molecule has 2 N–H and O–H groups in total. The van der Waals surface area contributed by atoms with E-state index in [1.54, 1.807) is 12.1 Å². The van der Waals surface area contributed by atoms with Gasteiger partial charge in [-0.3, -0.25) is 4.79 Å². The van der Waals surface area contributed by atoms with E-state index in [1.807, 2.05) is 31.2 Å². The first kappa shape index (κ1) is 14.8. The number of carbonyl (C=O) groups excluding carboxylic acids is 1. The Bertz CT molecular complexity index is 617. The van der Waals surface area contributed by atoms with Crippen LogP contribution in [0.3, 0.4) is 0 Å². The fourth-order valence-electron chi connectivity index (χ4n) is 1.82. The molecule has 110 valence electrons. The Labute approximate surface area is 122 Å². The number of rotatable bonds is 6. The standard InChI is InChI=1S/C16H17FN2O2/c1-2-21-15-8-4-6-13(10-15)18-11-16(20)19-14-7-3-5-12(17)9-14/h3-10,18H,2,11H2,1H3,(H,19,20). The van der Waals surface area contributed by atoms with E-state index in [-0.39, 0.29) is 18.3 Å². The fraction of sp³-hybridized carbons (Fsp3) is 0.188. The Morgan fingerprint density at radius 3 is 2.67 bits per heavy atom. The molecule has 0 heterocycles. The van der Waals surface area contributed by atoms with Gasteiger partial charge in [0, 0.05) is 17.4 Å². The normalized spacial score (nSPS) is 10.0. The third-order valence-corrected chi connectivity index (χ3v) is 2.71. The van der Waals surface area contributed by atoms with Gasteiger partial charge in [0.15, 0.2) is 0 Å². The van der Waals surface area contributed by atoms with Gasteiger partial charge >= 0.3 is 0 Å². The highest BCUT2D eigenvalue weighted by Gasteiger charge is 2.03. The van der Waals surface area contributed by atoms with Gasteiger partial charge in [0.2, 0.25) is 5.91 Å². The zero-order valence-corrected chi connectivity index (χ0v) is 11.7. The number of amides is 1. The molecule has 0 unspecified atom stereocenters. The summed E-state index contributed by atoms with van der Waals surface area (Å²) in [7, 11) is 0. The molecule has 2 rings (SSSR count). The number of hydrogen-bond acceptors (Lipinski definition) is 3. The number of halogens is 1. The van der Waals surface area contributed by atoms with Gasteiger partial charge < -0.3 is 15.4 Å². The average Bonchev–Trinajstić information content (AvgIpc) is 2.46. The van der Waals surface area contributed by atoms with Crippen LogP contribution in [0.2, 0.25) is 0 Å². The molecule has 0 aliphatic rings. The molecule has 21 heavy (non-hydrogen) atoms. The van der Waals surface area contributed by atoms with Crippen LogP contribution in [0.4, 0.5) is 15.8 Å². The largest absolute Gasteiger partial charge is 0.494 e. The van der Waals surface area contributed by atoms with Gasteiger partial charge in [-0.25, -0.2) is 4.39 Å². The second-order valence-electron chi connectivity index (χ2n) is 4.37. The van der Waals surface area contributed by atoms with Crippen molar-refractivity contribution in [3.8, 4) is 5.75 Å². The summed E-state index contributed by atoms with van der Waals surface area (Å²) in [6.07, 6.45) is 0. The monoisotopic (exact) mass is 288 g/mol. The zero-order valence-electron chi connectivity index (χ0n) is 11.7. The molecule has 0 spiro atoms. The molecule has 0 radical (unpaired) electrons. The van der Waals surface area contributed by atoms with Crippen LogP contribution in [0.25, 0.3) is 0 Å². The number of ether oxygens (including phenoxy) is 1. The van der Waals surface area contributed by atoms with Gasteiger partial charge in [-0.1, -0.05) is 12.1 Å². The molecule has 0 saturated carbocycles. The van der Waals surface area contributed by atoms with Crippen molar-refractivity contribution in [2.24, 2.45) is 0 Å². The lowest BCUT2D eigenvalue weighted by molar-refractivity contribution is -0.114. The Balaban J connectivity index is 1.87. The highest BCUT2D eigenvalue weighted by molar-refractivity contribution is 5.93. The first-order valence-electron chi connectivity index (χ1n) is 6.69. The predicted octanol–water partition coefficient (Wildman–Crippen LogP) is 3.28. The van der Waals surface area contributed by atoms with Crippen LogP contribution in [0, 0.1) is 5.82 Å². The summed E-state index contributed by atoms with van der Waals surface area (Å²) in [5.74, 6) is 0.112. The molecular formula is C16H17FN2O2. The molecule has 5 heteroatoms. The molecule has 0 saturated heterocycles. The molecule has 0 bridgehead atoms. The number of hydrogen-bond donors (Lipinski definition) is 2. The predicted molar refractivity (Wildman–Crippen MR) is 81.1 cm³/mol. The van der Waals surface area contributed by atoms with E-state index >= 15 is 0 Å². The Morgan fingerprint density at radius 1 is 1.14 bits per heavy atom. The van der Waals surface area contributed by atoms with Crippen LogP contribution >= 0.6 is 0 Å². The van der Waals surface area contributed by atoms with Crippen molar-refractivity contribution in [2.75, 3.05) is 23.8 Å². The third-order valence-electron chi connectivity index (χ3n) is 2.71. The minimum absolute atomic E-state index is 0.0894. The van der Waals surface area contributed by atoms with E-state index in [4.69, 9.17) is 4.74 Å². The van der Waals surface area contributed by atoms with Crippen molar-refractivity contribution in [3.63, 3.8) is 0 Å². The smallest absolute Gasteiger partial charge is 0.243 e. The van der Waals surface area contributed by atoms with Crippen LogP contribution in [0.1, 0.15) is 6.92 Å². The average molecular weight is 288 g/mol. The van der Waals surface area contributed by atoms with E-state index < -0.39 is 0 Å². The Hall–Kier alpha value is -2.56. The van der Waals surface area contributed by atoms with Crippen LogP contribution in [-0.2, 0) is 4.79 Å². The number of carbonyl (C=O) groups is 1. The second-order valence-corrected chi connectivity index (χ2v) is 4.37. The molecule has 2 aromatic carbocycles. The maximum absolute atomic E-state index is 13.0. The maximum atomic E-state index is 13.0. The number of anilines is 2. The van der Waals surface area contributed by atoms with Gasteiger partial charge in [0.05, 0.1) is 13.2 Å². The molecule has 0 atom stereocenters. The summed E-state index contributed by atoms with van der Waals surface area (Å²) in [5, 5.41) is 5.61. The minimum atomic E-state index is -0.384. The molecule has 1 amide bonds. The molecule has 0 aliphatic heterocycles. The zero-order chi connectivity index (χ0) is 15.1. The lowest BCUT2D eigenvalue weighted by Crippen LogP contribution is -2.21. The van der Waals surface area contributed by atoms with E-state index in [9.17, 15) is 9.18 Å². The van der Waals surface area contributed by atoms with E-state index in [2.05, 4.69) is 10.6 Å².